The number of hydrogen-bond acceptors (Lipinski definition) is 4. The predicted octanol–water partition coefficient (Wildman–Crippen LogP) is 1.45. The molecule has 92 valence electrons. The highest BCUT2D eigenvalue weighted by atomic mass is 32.2. The van der Waals surface area contributed by atoms with Gasteiger partial charge in [-0.1, -0.05) is 35.7 Å². The van der Waals surface area contributed by atoms with Gasteiger partial charge in [-0.3, -0.25) is 0 Å². The molecule has 0 saturated heterocycles. The van der Waals surface area contributed by atoms with Crippen LogP contribution in [0.25, 0.3) is 0 Å². The molecule has 1 heterocycles. The largest absolute Gasteiger partial charge is 0.384 e. The predicted molar refractivity (Wildman–Crippen MR) is 71.0 cm³/mol. The molecule has 0 radical (unpaired) electrons. The molecule has 0 aliphatic carbocycles. The van der Waals surface area contributed by atoms with Crippen molar-refractivity contribution in [3.8, 4) is 11.8 Å². The summed E-state index contributed by atoms with van der Waals surface area (Å²) in [6.07, 6.45) is 1.69. The Kier molecular flexibility index (Phi) is 4.40. The molecule has 0 bridgehead atoms. The van der Waals surface area contributed by atoms with Crippen molar-refractivity contribution in [2.75, 3.05) is 6.61 Å². The molecule has 4 nitrogen and oxygen atoms in total. The van der Waals surface area contributed by atoms with Crippen molar-refractivity contribution in [2.45, 2.75) is 10.9 Å². The molecule has 1 aromatic carbocycles. The molecule has 0 atom stereocenters. The monoisotopic (exact) mass is 259 g/mol. The van der Waals surface area contributed by atoms with Gasteiger partial charge in [-0.2, -0.15) is 0 Å². The quantitative estimate of drug-likeness (QED) is 0.669. The van der Waals surface area contributed by atoms with Crippen LogP contribution in [0.2, 0.25) is 0 Å². The lowest BCUT2D eigenvalue weighted by molar-refractivity contribution is 0.350. The molecule has 0 fully saturated rings. The molecule has 0 unspecified atom stereocenters. The Morgan fingerprint density at radius 3 is 3.06 bits per heavy atom. The summed E-state index contributed by atoms with van der Waals surface area (Å²) in [5.41, 5.74) is 2.09. The highest BCUT2D eigenvalue weighted by molar-refractivity contribution is 7.98. The average Bonchev–Trinajstić information content (AvgIpc) is 2.80. The number of rotatable bonds is 3. The molecule has 0 amide bonds. The first kappa shape index (κ1) is 12.7. The highest BCUT2D eigenvalue weighted by Gasteiger charge is 2.02. The lowest BCUT2D eigenvalue weighted by Gasteiger charge is -2.01. The smallest absolute Gasteiger partial charge is 0.191 e. The molecule has 2 aromatic rings. The van der Waals surface area contributed by atoms with Crippen LogP contribution in [0, 0.1) is 11.8 Å². The Bertz CT molecular complexity index is 583. The molecule has 0 aliphatic rings. The summed E-state index contributed by atoms with van der Waals surface area (Å²) in [6.45, 7) is -0.113. The van der Waals surface area contributed by atoms with E-state index in [0.29, 0.717) is 0 Å². The summed E-state index contributed by atoms with van der Waals surface area (Å²) in [7, 11) is 1.92. The molecular formula is C13H13N3OS. The van der Waals surface area contributed by atoms with Crippen LogP contribution in [0.3, 0.4) is 0 Å². The van der Waals surface area contributed by atoms with Crippen LogP contribution >= 0.6 is 11.8 Å². The first-order valence-electron chi connectivity index (χ1n) is 5.45. The van der Waals surface area contributed by atoms with E-state index in [-0.39, 0.29) is 6.61 Å². The first-order valence-corrected chi connectivity index (χ1v) is 6.43. The van der Waals surface area contributed by atoms with E-state index in [4.69, 9.17) is 5.11 Å². The van der Waals surface area contributed by atoms with E-state index in [1.807, 2.05) is 35.9 Å². The van der Waals surface area contributed by atoms with Gasteiger partial charge in [0.25, 0.3) is 0 Å². The van der Waals surface area contributed by atoms with E-state index in [1.165, 1.54) is 5.56 Å². The Morgan fingerprint density at radius 1 is 1.44 bits per heavy atom. The number of nitrogens with zero attached hydrogens (tertiary/aromatic N) is 3. The Hall–Kier alpha value is -1.77. The van der Waals surface area contributed by atoms with Crippen molar-refractivity contribution in [2.24, 2.45) is 7.05 Å². The van der Waals surface area contributed by atoms with E-state index in [0.717, 1.165) is 16.5 Å². The van der Waals surface area contributed by atoms with Crippen LogP contribution in [-0.2, 0) is 12.8 Å². The number of benzene rings is 1. The van der Waals surface area contributed by atoms with Crippen LogP contribution in [-0.4, -0.2) is 26.5 Å². The van der Waals surface area contributed by atoms with Crippen LogP contribution in [0.15, 0.2) is 35.7 Å². The van der Waals surface area contributed by atoms with Crippen LogP contribution in [0.1, 0.15) is 11.1 Å². The minimum atomic E-state index is -0.113. The zero-order valence-electron chi connectivity index (χ0n) is 10.00. The van der Waals surface area contributed by atoms with E-state index in [9.17, 15) is 0 Å². The normalized spacial score (nSPS) is 9.89. The average molecular weight is 259 g/mol. The van der Waals surface area contributed by atoms with E-state index < -0.39 is 0 Å². The second-order valence-corrected chi connectivity index (χ2v) is 4.62. The van der Waals surface area contributed by atoms with Crippen molar-refractivity contribution in [3.63, 3.8) is 0 Å². The number of aliphatic hydroxyl groups excluding tert-OH is 1. The van der Waals surface area contributed by atoms with Gasteiger partial charge in [-0.25, -0.2) is 0 Å². The van der Waals surface area contributed by atoms with E-state index >= 15 is 0 Å². The summed E-state index contributed by atoms with van der Waals surface area (Å²) in [5, 5.41) is 17.4. The summed E-state index contributed by atoms with van der Waals surface area (Å²) in [6, 6.07) is 7.96. The van der Waals surface area contributed by atoms with Crippen LogP contribution in [0.4, 0.5) is 0 Å². The molecule has 1 N–H and O–H groups in total. The van der Waals surface area contributed by atoms with Crippen molar-refractivity contribution >= 4 is 11.8 Å². The minimum Gasteiger partial charge on any atom is -0.384 e. The van der Waals surface area contributed by atoms with Gasteiger partial charge in [0, 0.05) is 18.4 Å². The summed E-state index contributed by atoms with van der Waals surface area (Å²) in [5.74, 6) is 6.36. The molecule has 0 saturated carbocycles. The molecule has 1 aromatic heterocycles. The fourth-order valence-electron chi connectivity index (χ4n) is 1.43. The van der Waals surface area contributed by atoms with Gasteiger partial charge < -0.3 is 9.67 Å². The fraction of sp³-hybridized carbons (Fsp3) is 0.231. The maximum atomic E-state index is 8.66. The van der Waals surface area contributed by atoms with Gasteiger partial charge in [0.1, 0.15) is 12.9 Å². The molecular weight excluding hydrogens is 246 g/mol. The lowest BCUT2D eigenvalue weighted by Crippen LogP contribution is -1.90. The zero-order chi connectivity index (χ0) is 12.8. The second-order valence-electron chi connectivity index (χ2n) is 3.67. The Labute approximate surface area is 110 Å². The molecule has 0 aliphatic heterocycles. The summed E-state index contributed by atoms with van der Waals surface area (Å²) >= 11 is 1.63. The Morgan fingerprint density at radius 2 is 2.33 bits per heavy atom. The van der Waals surface area contributed by atoms with Crippen molar-refractivity contribution in [1.29, 1.82) is 0 Å². The van der Waals surface area contributed by atoms with Gasteiger partial charge in [-0.15, -0.1) is 10.2 Å². The number of aliphatic hydroxyl groups is 1. The van der Waals surface area contributed by atoms with Gasteiger partial charge in [0.2, 0.25) is 0 Å². The summed E-state index contributed by atoms with van der Waals surface area (Å²) < 4.78 is 1.89. The third-order valence-corrected chi connectivity index (χ3v) is 3.38. The third kappa shape index (κ3) is 3.36. The van der Waals surface area contributed by atoms with Gasteiger partial charge in [0.15, 0.2) is 5.16 Å². The maximum absolute atomic E-state index is 8.66. The minimum absolute atomic E-state index is 0.113. The Balaban J connectivity index is 2.03. The second kappa shape index (κ2) is 6.24. The number of aryl methyl sites for hydroxylation is 1. The van der Waals surface area contributed by atoms with Crippen molar-refractivity contribution in [3.05, 3.63) is 41.7 Å². The third-order valence-electron chi connectivity index (χ3n) is 2.28. The van der Waals surface area contributed by atoms with E-state index in [2.05, 4.69) is 22.0 Å². The fourth-order valence-corrected chi connectivity index (χ4v) is 2.26. The van der Waals surface area contributed by atoms with E-state index in [1.54, 1.807) is 18.1 Å². The number of hydrogen-bond donors (Lipinski definition) is 1. The number of thioether (sulfide) groups is 1. The summed E-state index contributed by atoms with van der Waals surface area (Å²) in [4.78, 5) is 0. The van der Waals surface area contributed by atoms with Gasteiger partial charge in [-0.05, 0) is 17.7 Å². The highest BCUT2D eigenvalue weighted by Crippen LogP contribution is 2.20. The first-order chi connectivity index (χ1) is 8.79. The standard InChI is InChI=1S/C13H13N3OS/c1-16-10-14-15-13(16)18-9-12-5-2-4-11(8-12)6-3-7-17/h2,4-5,8,10,17H,7,9H2,1H3. The topological polar surface area (TPSA) is 50.9 Å². The molecule has 0 spiro atoms. The molecule has 5 heteroatoms. The number of aromatic nitrogens is 3. The van der Waals surface area contributed by atoms with Crippen molar-refractivity contribution < 1.29 is 5.11 Å². The van der Waals surface area contributed by atoms with Crippen LogP contribution in [0.5, 0.6) is 0 Å². The van der Waals surface area contributed by atoms with Crippen LogP contribution < -0.4 is 0 Å². The molecule has 2 rings (SSSR count). The lowest BCUT2D eigenvalue weighted by atomic mass is 10.1. The van der Waals surface area contributed by atoms with Crippen molar-refractivity contribution in [1.82, 2.24) is 14.8 Å². The zero-order valence-corrected chi connectivity index (χ0v) is 10.8. The maximum Gasteiger partial charge on any atom is 0.191 e. The SMILES string of the molecule is Cn1cnnc1SCc1cccc(C#CCO)c1. The van der Waals surface area contributed by atoms with Gasteiger partial charge >= 0.3 is 0 Å². The van der Waals surface area contributed by atoms with Gasteiger partial charge in [0.05, 0.1) is 0 Å². The molecule has 18 heavy (non-hydrogen) atoms.